The maximum atomic E-state index is 12.9. The van der Waals surface area contributed by atoms with E-state index < -0.39 is 17.7 Å². The van der Waals surface area contributed by atoms with E-state index in [0.717, 1.165) is 21.6 Å². The lowest BCUT2D eigenvalue weighted by molar-refractivity contribution is -0.155. The summed E-state index contributed by atoms with van der Waals surface area (Å²) in [7, 11) is 0. The first kappa shape index (κ1) is 33.3. The van der Waals surface area contributed by atoms with Gasteiger partial charge in [-0.25, -0.2) is 4.79 Å². The van der Waals surface area contributed by atoms with E-state index in [2.05, 4.69) is 15.6 Å². The third-order valence-electron chi connectivity index (χ3n) is 8.32. The van der Waals surface area contributed by atoms with Gasteiger partial charge in [-0.05, 0) is 69.6 Å². The van der Waals surface area contributed by atoms with Gasteiger partial charge in [0.05, 0.1) is 11.6 Å². The Labute approximate surface area is 285 Å². The third-order valence-corrected chi connectivity index (χ3v) is 9.35. The van der Waals surface area contributed by atoms with Gasteiger partial charge in [0.25, 0.3) is 5.91 Å². The Balaban J connectivity index is 1.03. The summed E-state index contributed by atoms with van der Waals surface area (Å²) in [5.74, 6) is -1.68. The normalized spacial score (nSPS) is 13.1. The number of aromatic hydroxyl groups is 1. The van der Waals surface area contributed by atoms with Crippen LogP contribution in [0.15, 0.2) is 119 Å². The summed E-state index contributed by atoms with van der Waals surface area (Å²) in [4.78, 5) is 40.2. The van der Waals surface area contributed by atoms with E-state index in [4.69, 9.17) is 0 Å². The van der Waals surface area contributed by atoms with Crippen LogP contribution in [0.2, 0.25) is 0 Å². The lowest BCUT2D eigenvalue weighted by Crippen LogP contribution is -2.36. The van der Waals surface area contributed by atoms with Crippen molar-refractivity contribution in [1.82, 2.24) is 15.6 Å². The van der Waals surface area contributed by atoms with E-state index in [9.17, 15) is 34.8 Å². The van der Waals surface area contributed by atoms with Crippen molar-refractivity contribution in [3.63, 3.8) is 0 Å². The zero-order chi connectivity index (χ0) is 34.5. The molecule has 2 heterocycles. The van der Waals surface area contributed by atoms with Gasteiger partial charge in [-0.1, -0.05) is 66.7 Å². The fourth-order valence-corrected chi connectivity index (χ4v) is 6.59. The van der Waals surface area contributed by atoms with Crippen LogP contribution in [0.25, 0.3) is 21.3 Å². The van der Waals surface area contributed by atoms with Crippen molar-refractivity contribution >= 4 is 34.1 Å². The monoisotopic (exact) mass is 675 g/mol. The quantitative estimate of drug-likeness (QED) is 0.0946. The number of aromatic nitrogens is 1. The number of aromatic amines is 1. The van der Waals surface area contributed by atoms with E-state index in [-0.39, 0.29) is 40.4 Å². The standard InChI is InChI=1S/C38H33N3O7S/c42-31-15-13-29(30-14-16-34(44)41-35(30)31)32(43)21-39-19-23-9-11-25(12-10-23)36(45)40-20-24-17-33(49-22-24)26-5-4-8-28(18-26)38(48,37(46)47)27-6-2-1-3-7-27/h1-18,22,32,39,42-43,48H,19-21H2,(H,40,45)(H,41,44)(H,46,47)/t32-,38-/m0/s1. The number of rotatable bonds is 12. The van der Waals surface area contributed by atoms with Crippen molar-refractivity contribution < 1.29 is 30.0 Å². The van der Waals surface area contributed by atoms with E-state index in [1.165, 1.54) is 23.5 Å². The Hall–Kier alpha value is -5.59. The van der Waals surface area contributed by atoms with Crippen LogP contribution >= 0.6 is 11.3 Å². The summed E-state index contributed by atoms with van der Waals surface area (Å²) in [6, 6.07) is 30.1. The van der Waals surface area contributed by atoms with E-state index in [1.54, 1.807) is 72.8 Å². The summed E-state index contributed by atoms with van der Waals surface area (Å²) in [6.07, 6.45) is -0.886. The zero-order valence-electron chi connectivity index (χ0n) is 26.1. The Bertz CT molecular complexity index is 2180. The Morgan fingerprint density at radius 2 is 1.59 bits per heavy atom. The highest BCUT2D eigenvalue weighted by molar-refractivity contribution is 7.13. The van der Waals surface area contributed by atoms with Crippen LogP contribution in [0.4, 0.5) is 0 Å². The minimum atomic E-state index is -2.20. The Morgan fingerprint density at radius 3 is 2.35 bits per heavy atom. The summed E-state index contributed by atoms with van der Waals surface area (Å²) in [5.41, 5.74) is 1.83. The van der Waals surface area contributed by atoms with Crippen LogP contribution < -0.4 is 16.2 Å². The molecule has 0 unspecified atom stereocenters. The number of fused-ring (bicyclic) bond motifs is 1. The highest BCUT2D eigenvalue weighted by atomic mass is 32.1. The molecular weight excluding hydrogens is 642 g/mol. The maximum absolute atomic E-state index is 12.9. The molecule has 0 radical (unpaired) electrons. The van der Waals surface area contributed by atoms with Crippen LogP contribution in [0.3, 0.4) is 0 Å². The highest BCUT2D eigenvalue weighted by Crippen LogP contribution is 2.35. The maximum Gasteiger partial charge on any atom is 0.345 e. The lowest BCUT2D eigenvalue weighted by atomic mass is 9.85. The number of aliphatic hydroxyl groups is 2. The van der Waals surface area contributed by atoms with Gasteiger partial charge in [0, 0.05) is 47.1 Å². The van der Waals surface area contributed by atoms with Crippen LogP contribution in [-0.4, -0.2) is 43.8 Å². The molecule has 0 saturated carbocycles. The number of hydrogen-bond acceptors (Lipinski definition) is 8. The molecule has 0 aliphatic carbocycles. The molecule has 6 aromatic rings. The Morgan fingerprint density at radius 1 is 0.837 bits per heavy atom. The molecule has 0 aliphatic rings. The number of amides is 1. The van der Waals surface area contributed by atoms with Crippen LogP contribution in [0, 0.1) is 0 Å². The number of carbonyl (C=O) groups excluding carboxylic acids is 1. The summed E-state index contributed by atoms with van der Waals surface area (Å²) < 4.78 is 0. The first-order valence-corrected chi connectivity index (χ1v) is 16.3. The average Bonchev–Trinajstić information content (AvgIpc) is 3.60. The number of pyridine rings is 1. The van der Waals surface area contributed by atoms with Crippen molar-refractivity contribution in [2.75, 3.05) is 6.54 Å². The topological polar surface area (TPSA) is 172 Å². The molecule has 248 valence electrons. The predicted octanol–water partition coefficient (Wildman–Crippen LogP) is 5.04. The number of aliphatic hydroxyl groups excluding tert-OH is 1. The van der Waals surface area contributed by atoms with Gasteiger partial charge < -0.3 is 36.0 Å². The molecule has 2 aromatic heterocycles. The fraction of sp³-hybridized carbons (Fsp3) is 0.132. The highest BCUT2D eigenvalue weighted by Gasteiger charge is 2.40. The molecule has 0 spiro atoms. The zero-order valence-corrected chi connectivity index (χ0v) is 26.9. The number of nitrogens with one attached hydrogen (secondary N) is 3. The number of thiophene rings is 1. The molecule has 0 aliphatic heterocycles. The van der Waals surface area contributed by atoms with Gasteiger partial charge in [0.2, 0.25) is 11.2 Å². The average molecular weight is 676 g/mol. The van der Waals surface area contributed by atoms with Crippen LogP contribution in [0.5, 0.6) is 5.75 Å². The lowest BCUT2D eigenvalue weighted by Gasteiger charge is -2.25. The molecule has 0 saturated heterocycles. The second kappa shape index (κ2) is 14.3. The molecule has 49 heavy (non-hydrogen) atoms. The first-order valence-electron chi connectivity index (χ1n) is 15.4. The molecule has 4 aromatic carbocycles. The molecule has 1 amide bonds. The minimum Gasteiger partial charge on any atom is -0.506 e. The van der Waals surface area contributed by atoms with Crippen molar-refractivity contribution in [3.05, 3.63) is 158 Å². The number of carboxylic acid groups (broad SMARTS) is 1. The largest absolute Gasteiger partial charge is 0.506 e. The van der Waals surface area contributed by atoms with Crippen LogP contribution in [-0.2, 0) is 23.5 Å². The number of aliphatic carboxylic acids is 1. The minimum absolute atomic E-state index is 0.0696. The van der Waals surface area contributed by atoms with Gasteiger partial charge in [0.15, 0.2) is 0 Å². The third kappa shape index (κ3) is 7.15. The van der Waals surface area contributed by atoms with Crippen molar-refractivity contribution in [1.29, 1.82) is 0 Å². The van der Waals surface area contributed by atoms with Crippen molar-refractivity contribution in [3.8, 4) is 16.2 Å². The van der Waals surface area contributed by atoms with Gasteiger partial charge >= 0.3 is 5.97 Å². The number of benzene rings is 4. The molecule has 0 fully saturated rings. The summed E-state index contributed by atoms with van der Waals surface area (Å²) in [6.45, 7) is 0.959. The van der Waals surface area contributed by atoms with Crippen LogP contribution in [0.1, 0.15) is 44.3 Å². The van der Waals surface area contributed by atoms with E-state index in [0.29, 0.717) is 29.6 Å². The number of phenols is 1. The number of H-pyrrole nitrogens is 1. The second-order valence-corrected chi connectivity index (χ2v) is 12.5. The smallest absolute Gasteiger partial charge is 0.345 e. The molecular formula is C38H33N3O7S. The summed E-state index contributed by atoms with van der Waals surface area (Å²) in [5, 5.41) is 50.7. The van der Waals surface area contributed by atoms with Gasteiger partial charge in [-0.2, -0.15) is 0 Å². The van der Waals surface area contributed by atoms with E-state index in [1.807, 2.05) is 29.6 Å². The number of phenolic OH excluding ortho intramolecular Hbond substituents is 1. The molecule has 2 atom stereocenters. The predicted molar refractivity (Wildman–Crippen MR) is 187 cm³/mol. The molecule has 11 heteroatoms. The second-order valence-electron chi connectivity index (χ2n) is 11.6. The van der Waals surface area contributed by atoms with Gasteiger partial charge in [-0.15, -0.1) is 11.3 Å². The van der Waals surface area contributed by atoms with Crippen molar-refractivity contribution in [2.24, 2.45) is 0 Å². The molecule has 0 bridgehead atoms. The van der Waals surface area contributed by atoms with Gasteiger partial charge in [-0.3, -0.25) is 9.59 Å². The fourth-order valence-electron chi connectivity index (χ4n) is 5.68. The number of carboxylic acids is 1. The Kier molecular flexibility index (Phi) is 9.70. The van der Waals surface area contributed by atoms with Crippen molar-refractivity contribution in [2.45, 2.75) is 24.8 Å². The SMILES string of the molecule is O=C(NCc1csc(-c2cccc([C@](O)(C(=O)O)c3ccccc3)c2)c1)c1ccc(CNC[C@H](O)c2ccc(O)c3[nH]c(=O)ccc23)cc1. The molecule has 7 N–H and O–H groups in total. The first-order chi connectivity index (χ1) is 23.6. The number of hydrogen-bond donors (Lipinski definition) is 7. The molecule has 10 nitrogen and oxygen atoms in total. The summed E-state index contributed by atoms with van der Waals surface area (Å²) >= 11 is 1.45. The number of carbonyl (C=O) groups is 2. The van der Waals surface area contributed by atoms with E-state index >= 15 is 0 Å². The van der Waals surface area contributed by atoms with Gasteiger partial charge in [0.1, 0.15) is 5.75 Å². The molecule has 6 rings (SSSR count).